The van der Waals surface area contributed by atoms with Gasteiger partial charge in [-0.1, -0.05) is 6.42 Å². The zero-order valence-electron chi connectivity index (χ0n) is 11.3. The Kier molecular flexibility index (Phi) is 3.44. The summed E-state index contributed by atoms with van der Waals surface area (Å²) in [6.07, 6.45) is 6.91. The highest BCUT2D eigenvalue weighted by molar-refractivity contribution is 8.00. The van der Waals surface area contributed by atoms with Gasteiger partial charge in [-0.3, -0.25) is 4.79 Å². The van der Waals surface area contributed by atoms with Crippen molar-refractivity contribution >= 4 is 23.4 Å². The predicted octanol–water partition coefficient (Wildman–Crippen LogP) is 2.67. The van der Waals surface area contributed by atoms with Crippen molar-refractivity contribution in [3.05, 3.63) is 29.3 Å². The molecule has 0 aromatic heterocycles. The minimum absolute atomic E-state index is 0.0648. The first-order valence-electron chi connectivity index (χ1n) is 6.93. The van der Waals surface area contributed by atoms with Crippen LogP contribution in [0, 0.1) is 0 Å². The van der Waals surface area contributed by atoms with Crippen molar-refractivity contribution in [2.45, 2.75) is 30.4 Å². The Balaban J connectivity index is 1.64. The van der Waals surface area contributed by atoms with E-state index in [9.17, 15) is 4.79 Å². The lowest BCUT2D eigenvalue weighted by Gasteiger charge is -2.40. The van der Waals surface area contributed by atoms with Gasteiger partial charge in [0, 0.05) is 29.1 Å². The van der Waals surface area contributed by atoms with Crippen molar-refractivity contribution in [1.29, 1.82) is 0 Å². The van der Waals surface area contributed by atoms with E-state index in [1.807, 2.05) is 30.0 Å². The monoisotopic (exact) mass is 276 g/mol. The van der Waals surface area contributed by atoms with Gasteiger partial charge in [-0.15, -0.1) is 0 Å². The highest BCUT2D eigenvalue weighted by Gasteiger charge is 2.36. The zero-order valence-corrected chi connectivity index (χ0v) is 12.1. The van der Waals surface area contributed by atoms with Gasteiger partial charge in [0.25, 0.3) is 5.91 Å². The lowest BCUT2D eigenvalue weighted by Crippen LogP contribution is -2.45. The molecule has 1 amide bonds. The lowest BCUT2D eigenvalue weighted by atomic mass is 9.84. The molecule has 4 heteroatoms. The molecule has 0 saturated heterocycles. The molecule has 1 aliphatic heterocycles. The van der Waals surface area contributed by atoms with E-state index >= 15 is 0 Å². The SMILES string of the molecule is CSC1(CNC(=O)c2ccc3c(c2)CCN3)CCC1. The van der Waals surface area contributed by atoms with Crippen LogP contribution in [0.15, 0.2) is 18.2 Å². The number of benzene rings is 1. The van der Waals surface area contributed by atoms with Crippen LogP contribution < -0.4 is 10.6 Å². The third-order valence-electron chi connectivity index (χ3n) is 4.35. The average Bonchev–Trinajstić information content (AvgIpc) is 2.84. The van der Waals surface area contributed by atoms with E-state index in [1.54, 1.807) is 0 Å². The van der Waals surface area contributed by atoms with E-state index in [2.05, 4.69) is 16.9 Å². The van der Waals surface area contributed by atoms with Crippen LogP contribution in [0.3, 0.4) is 0 Å². The number of carbonyl (C=O) groups excluding carboxylic acids is 1. The van der Waals surface area contributed by atoms with Crippen molar-refractivity contribution in [2.24, 2.45) is 0 Å². The maximum atomic E-state index is 12.2. The molecular formula is C15H20N2OS. The second-order valence-corrected chi connectivity index (χ2v) is 6.75. The first kappa shape index (κ1) is 12.9. The average molecular weight is 276 g/mol. The highest BCUT2D eigenvalue weighted by atomic mass is 32.2. The van der Waals surface area contributed by atoms with Crippen LogP contribution in [0.25, 0.3) is 0 Å². The van der Waals surface area contributed by atoms with Gasteiger partial charge >= 0.3 is 0 Å². The molecule has 0 atom stereocenters. The third kappa shape index (κ3) is 2.46. The summed E-state index contributed by atoms with van der Waals surface area (Å²) in [5, 5.41) is 6.42. The zero-order chi connectivity index (χ0) is 13.3. The van der Waals surface area contributed by atoms with Crippen LogP contribution in [0.1, 0.15) is 35.2 Å². The first-order chi connectivity index (χ1) is 9.22. The standard InChI is InChI=1S/C15H20N2OS/c1-19-15(6-2-7-15)10-17-14(18)12-3-4-13-11(9-12)5-8-16-13/h3-4,9,16H,2,5-8,10H2,1H3,(H,17,18). The molecule has 19 heavy (non-hydrogen) atoms. The number of thioether (sulfide) groups is 1. The molecule has 1 saturated carbocycles. The van der Waals surface area contributed by atoms with Gasteiger partial charge in [0.15, 0.2) is 0 Å². The van der Waals surface area contributed by atoms with Crippen molar-refractivity contribution in [2.75, 3.05) is 24.7 Å². The summed E-state index contributed by atoms with van der Waals surface area (Å²) in [7, 11) is 0. The molecule has 3 nitrogen and oxygen atoms in total. The first-order valence-corrected chi connectivity index (χ1v) is 8.15. The van der Waals surface area contributed by atoms with E-state index in [-0.39, 0.29) is 5.91 Å². The maximum Gasteiger partial charge on any atom is 0.251 e. The Morgan fingerprint density at radius 1 is 1.47 bits per heavy atom. The lowest BCUT2D eigenvalue weighted by molar-refractivity contribution is 0.0944. The second-order valence-electron chi connectivity index (χ2n) is 5.47. The fourth-order valence-electron chi connectivity index (χ4n) is 2.81. The molecule has 0 radical (unpaired) electrons. The number of anilines is 1. The summed E-state index contributed by atoms with van der Waals surface area (Å²) in [5.74, 6) is 0.0648. The number of amides is 1. The van der Waals surface area contributed by atoms with Crippen LogP contribution in [-0.4, -0.2) is 30.0 Å². The molecule has 1 heterocycles. The molecule has 1 aliphatic carbocycles. The normalized spacial score (nSPS) is 19.2. The minimum Gasteiger partial charge on any atom is -0.384 e. The van der Waals surface area contributed by atoms with Gasteiger partial charge in [-0.05, 0) is 49.3 Å². The molecule has 0 spiro atoms. The Morgan fingerprint density at radius 3 is 3.00 bits per heavy atom. The van der Waals surface area contributed by atoms with Crippen molar-refractivity contribution in [1.82, 2.24) is 5.32 Å². The van der Waals surface area contributed by atoms with Gasteiger partial charge < -0.3 is 10.6 Å². The fraction of sp³-hybridized carbons (Fsp3) is 0.533. The number of hydrogen-bond donors (Lipinski definition) is 2. The van der Waals surface area contributed by atoms with Gasteiger partial charge in [-0.2, -0.15) is 11.8 Å². The summed E-state index contributed by atoms with van der Waals surface area (Å²) < 4.78 is 0.300. The molecule has 0 bridgehead atoms. The molecular weight excluding hydrogens is 256 g/mol. The molecule has 1 aromatic carbocycles. The Labute approximate surface area is 118 Å². The van der Waals surface area contributed by atoms with Crippen LogP contribution >= 0.6 is 11.8 Å². The van der Waals surface area contributed by atoms with Crippen molar-refractivity contribution in [3.8, 4) is 0 Å². The van der Waals surface area contributed by atoms with Gasteiger partial charge in [0.05, 0.1) is 0 Å². The van der Waals surface area contributed by atoms with Gasteiger partial charge in [-0.25, -0.2) is 0 Å². The van der Waals surface area contributed by atoms with E-state index in [0.29, 0.717) is 4.75 Å². The van der Waals surface area contributed by atoms with Crippen LogP contribution in [-0.2, 0) is 6.42 Å². The van der Waals surface area contributed by atoms with Gasteiger partial charge in [0.1, 0.15) is 0 Å². The molecule has 1 aromatic rings. The van der Waals surface area contributed by atoms with Crippen molar-refractivity contribution < 1.29 is 4.79 Å². The van der Waals surface area contributed by atoms with E-state index in [4.69, 9.17) is 0 Å². The van der Waals surface area contributed by atoms with Crippen LogP contribution in [0.2, 0.25) is 0 Å². The number of nitrogens with one attached hydrogen (secondary N) is 2. The van der Waals surface area contributed by atoms with Crippen LogP contribution in [0.5, 0.6) is 0 Å². The Bertz CT molecular complexity index is 491. The fourth-order valence-corrected chi connectivity index (χ4v) is 3.73. The van der Waals surface area contributed by atoms with Gasteiger partial charge in [0.2, 0.25) is 0 Å². The van der Waals surface area contributed by atoms with Crippen LogP contribution in [0.4, 0.5) is 5.69 Å². The summed E-state index contributed by atoms with van der Waals surface area (Å²) >= 11 is 1.89. The smallest absolute Gasteiger partial charge is 0.251 e. The molecule has 2 N–H and O–H groups in total. The quantitative estimate of drug-likeness (QED) is 0.888. The number of hydrogen-bond acceptors (Lipinski definition) is 3. The van der Waals surface area contributed by atoms with E-state index < -0.39 is 0 Å². The van der Waals surface area contributed by atoms with E-state index in [0.717, 1.165) is 25.1 Å². The molecule has 3 rings (SSSR count). The highest BCUT2D eigenvalue weighted by Crippen LogP contribution is 2.42. The Morgan fingerprint density at radius 2 is 2.32 bits per heavy atom. The summed E-state index contributed by atoms with van der Waals surface area (Å²) in [5.41, 5.74) is 3.23. The van der Waals surface area contributed by atoms with Crippen molar-refractivity contribution in [3.63, 3.8) is 0 Å². The summed E-state index contributed by atoms with van der Waals surface area (Å²) in [6, 6.07) is 5.96. The third-order valence-corrected chi connectivity index (χ3v) is 5.76. The number of carbonyl (C=O) groups is 1. The van der Waals surface area contributed by atoms with E-state index in [1.165, 1.54) is 30.5 Å². The minimum atomic E-state index is 0.0648. The molecule has 0 unspecified atom stereocenters. The topological polar surface area (TPSA) is 41.1 Å². The second kappa shape index (κ2) is 5.08. The maximum absolute atomic E-state index is 12.2. The largest absolute Gasteiger partial charge is 0.384 e. The Hall–Kier alpha value is -1.16. The number of fused-ring (bicyclic) bond motifs is 1. The predicted molar refractivity (Wildman–Crippen MR) is 81.1 cm³/mol. The summed E-state index contributed by atoms with van der Waals surface area (Å²) in [4.78, 5) is 12.2. The summed E-state index contributed by atoms with van der Waals surface area (Å²) in [6.45, 7) is 1.78. The number of rotatable bonds is 4. The molecule has 2 aliphatic rings. The molecule has 1 fully saturated rings. The molecule has 102 valence electrons.